The van der Waals surface area contributed by atoms with E-state index in [-0.39, 0.29) is 5.91 Å². The predicted molar refractivity (Wildman–Crippen MR) is 98.6 cm³/mol. The van der Waals surface area contributed by atoms with Crippen molar-refractivity contribution in [3.8, 4) is 6.07 Å². The third-order valence-electron chi connectivity index (χ3n) is 3.74. The monoisotopic (exact) mass is 360 g/mol. The summed E-state index contributed by atoms with van der Waals surface area (Å²) in [4.78, 5) is 11.8. The highest BCUT2D eigenvalue weighted by molar-refractivity contribution is 6.32. The van der Waals surface area contributed by atoms with E-state index in [0.717, 1.165) is 17.5 Å². The molecule has 124 valence electrons. The molecular weight excluding hydrogens is 343 g/mol. The van der Waals surface area contributed by atoms with E-state index in [9.17, 15) is 10.1 Å². The molecule has 2 aromatic rings. The molecule has 0 saturated carbocycles. The summed E-state index contributed by atoms with van der Waals surface area (Å²) in [5.74, 6) is -0.534. The third-order valence-corrected chi connectivity index (χ3v) is 4.32. The molecule has 0 spiro atoms. The van der Waals surface area contributed by atoms with Gasteiger partial charge < -0.3 is 5.32 Å². The van der Waals surface area contributed by atoms with Crippen LogP contribution in [0.2, 0.25) is 10.0 Å². The van der Waals surface area contributed by atoms with Crippen molar-refractivity contribution in [2.45, 2.75) is 32.6 Å². The Hall–Kier alpha value is -2.02. The second-order valence-corrected chi connectivity index (χ2v) is 6.44. The number of nitrogens with one attached hydrogen (secondary N) is 1. The maximum Gasteiger partial charge on any atom is 0.224 e. The van der Waals surface area contributed by atoms with E-state index in [0.29, 0.717) is 27.7 Å². The highest BCUT2D eigenvalue weighted by Crippen LogP contribution is 2.34. The largest absolute Gasteiger partial charge is 0.326 e. The Labute approximate surface area is 152 Å². The van der Waals surface area contributed by atoms with Crippen molar-refractivity contribution in [2.75, 3.05) is 5.32 Å². The molecule has 0 heterocycles. The number of nitriles is 1. The lowest BCUT2D eigenvalue weighted by Crippen LogP contribution is -2.12. The van der Waals surface area contributed by atoms with Gasteiger partial charge in [-0.15, -0.1) is 0 Å². The van der Waals surface area contributed by atoms with Crippen LogP contribution in [0.4, 0.5) is 5.69 Å². The number of carbonyl (C=O) groups is 1. The van der Waals surface area contributed by atoms with Crippen LogP contribution in [-0.4, -0.2) is 5.91 Å². The SMILES string of the molecule is CCCC(=O)Nc1cc(Cl)c([C@H](C#N)c2ccc(Cl)cc2)cc1C. The van der Waals surface area contributed by atoms with E-state index in [1.165, 1.54) is 0 Å². The Kier molecular flexibility index (Phi) is 6.25. The first kappa shape index (κ1) is 18.3. The molecule has 0 fully saturated rings. The van der Waals surface area contributed by atoms with E-state index in [1.807, 2.05) is 32.0 Å². The van der Waals surface area contributed by atoms with Crippen molar-refractivity contribution in [2.24, 2.45) is 0 Å². The first-order valence-electron chi connectivity index (χ1n) is 7.71. The Bertz CT molecular complexity index is 779. The van der Waals surface area contributed by atoms with Crippen LogP contribution in [0.5, 0.6) is 0 Å². The average molecular weight is 361 g/mol. The number of carbonyl (C=O) groups excluding carboxylic acids is 1. The van der Waals surface area contributed by atoms with Crippen molar-refractivity contribution >= 4 is 34.8 Å². The van der Waals surface area contributed by atoms with Gasteiger partial charge in [-0.2, -0.15) is 5.26 Å². The fourth-order valence-corrected chi connectivity index (χ4v) is 2.88. The second kappa shape index (κ2) is 8.19. The maximum absolute atomic E-state index is 11.8. The molecule has 2 rings (SSSR count). The molecule has 5 heteroatoms. The third kappa shape index (κ3) is 4.29. The Morgan fingerprint density at radius 2 is 1.92 bits per heavy atom. The lowest BCUT2D eigenvalue weighted by molar-refractivity contribution is -0.116. The summed E-state index contributed by atoms with van der Waals surface area (Å²) in [6, 6.07) is 13.0. The highest BCUT2D eigenvalue weighted by Gasteiger charge is 2.18. The normalized spacial score (nSPS) is 11.6. The standard InChI is InChI=1S/C19H18Cl2N2O/c1-3-4-19(24)23-18-10-17(21)15(9-12(18)2)16(11-22)13-5-7-14(20)8-6-13/h5-10,16H,3-4H2,1-2H3,(H,23,24)/t16-/m1/s1. The number of aryl methyl sites for hydroxylation is 1. The summed E-state index contributed by atoms with van der Waals surface area (Å²) in [5.41, 5.74) is 3.08. The molecule has 24 heavy (non-hydrogen) atoms. The smallest absolute Gasteiger partial charge is 0.224 e. The van der Waals surface area contributed by atoms with Crippen molar-refractivity contribution in [1.82, 2.24) is 0 Å². The van der Waals surface area contributed by atoms with Crippen LogP contribution in [-0.2, 0) is 4.79 Å². The zero-order chi connectivity index (χ0) is 17.7. The van der Waals surface area contributed by atoms with Crippen molar-refractivity contribution in [3.63, 3.8) is 0 Å². The number of anilines is 1. The minimum atomic E-state index is -0.492. The van der Waals surface area contributed by atoms with Crippen molar-refractivity contribution in [3.05, 3.63) is 63.1 Å². The molecule has 3 nitrogen and oxygen atoms in total. The van der Waals surface area contributed by atoms with Crippen LogP contribution >= 0.6 is 23.2 Å². The maximum atomic E-state index is 11.8. The summed E-state index contributed by atoms with van der Waals surface area (Å²) < 4.78 is 0. The molecule has 0 aliphatic heterocycles. The number of benzene rings is 2. The Morgan fingerprint density at radius 1 is 1.25 bits per heavy atom. The molecule has 1 amide bonds. The zero-order valence-electron chi connectivity index (χ0n) is 13.6. The van der Waals surface area contributed by atoms with Gasteiger partial charge in [-0.25, -0.2) is 0 Å². The quantitative estimate of drug-likeness (QED) is 0.743. The first-order chi connectivity index (χ1) is 11.5. The molecule has 0 aromatic heterocycles. The van der Waals surface area contributed by atoms with Gasteiger partial charge >= 0.3 is 0 Å². The van der Waals surface area contributed by atoms with Crippen LogP contribution in [0, 0.1) is 18.3 Å². The summed E-state index contributed by atoms with van der Waals surface area (Å²) >= 11 is 12.3. The van der Waals surface area contributed by atoms with Gasteiger partial charge in [-0.3, -0.25) is 4.79 Å². The van der Waals surface area contributed by atoms with Gasteiger partial charge in [0.2, 0.25) is 5.91 Å². The molecule has 0 unspecified atom stereocenters. The molecule has 0 radical (unpaired) electrons. The molecule has 0 aliphatic carbocycles. The minimum Gasteiger partial charge on any atom is -0.326 e. The van der Waals surface area contributed by atoms with Gasteiger partial charge in [0, 0.05) is 22.2 Å². The van der Waals surface area contributed by atoms with Gasteiger partial charge in [0.15, 0.2) is 0 Å². The topological polar surface area (TPSA) is 52.9 Å². The number of hydrogen-bond donors (Lipinski definition) is 1. The average Bonchev–Trinajstić information content (AvgIpc) is 2.54. The van der Waals surface area contributed by atoms with Crippen molar-refractivity contribution in [1.29, 1.82) is 5.26 Å². The first-order valence-corrected chi connectivity index (χ1v) is 8.46. The van der Waals surface area contributed by atoms with Crippen LogP contribution in [0.25, 0.3) is 0 Å². The summed E-state index contributed by atoms with van der Waals surface area (Å²) in [5, 5.41) is 13.5. The number of halogens is 2. The molecule has 0 aliphatic rings. The molecule has 1 N–H and O–H groups in total. The lowest BCUT2D eigenvalue weighted by atomic mass is 9.91. The molecule has 0 saturated heterocycles. The van der Waals surface area contributed by atoms with Crippen LogP contribution in [0.3, 0.4) is 0 Å². The van der Waals surface area contributed by atoms with Gasteiger partial charge in [-0.05, 0) is 48.2 Å². The highest BCUT2D eigenvalue weighted by atomic mass is 35.5. The van der Waals surface area contributed by atoms with Gasteiger partial charge in [0.1, 0.15) is 0 Å². The summed E-state index contributed by atoms with van der Waals surface area (Å²) in [6.45, 7) is 3.84. The van der Waals surface area contributed by atoms with Gasteiger partial charge in [0.05, 0.1) is 12.0 Å². The lowest BCUT2D eigenvalue weighted by Gasteiger charge is -2.16. The molecule has 1 atom stereocenters. The number of hydrogen-bond acceptors (Lipinski definition) is 2. The molecule has 0 bridgehead atoms. The fourth-order valence-electron chi connectivity index (χ4n) is 2.48. The molecular formula is C19H18Cl2N2O. The minimum absolute atomic E-state index is 0.0426. The second-order valence-electron chi connectivity index (χ2n) is 5.60. The number of rotatable bonds is 5. The van der Waals surface area contributed by atoms with E-state index >= 15 is 0 Å². The van der Waals surface area contributed by atoms with E-state index in [1.54, 1.807) is 18.2 Å². The summed E-state index contributed by atoms with van der Waals surface area (Å²) in [7, 11) is 0. The Morgan fingerprint density at radius 3 is 2.50 bits per heavy atom. The summed E-state index contributed by atoms with van der Waals surface area (Å²) in [6.07, 6.45) is 1.24. The van der Waals surface area contributed by atoms with Gasteiger partial charge in [-0.1, -0.05) is 48.3 Å². The van der Waals surface area contributed by atoms with Crippen LogP contribution in [0.1, 0.15) is 42.4 Å². The van der Waals surface area contributed by atoms with Crippen LogP contribution in [0.15, 0.2) is 36.4 Å². The van der Waals surface area contributed by atoms with Crippen molar-refractivity contribution < 1.29 is 4.79 Å². The predicted octanol–water partition coefficient (Wildman–Crippen LogP) is 5.70. The van der Waals surface area contributed by atoms with E-state index in [2.05, 4.69) is 11.4 Å². The zero-order valence-corrected chi connectivity index (χ0v) is 15.1. The Balaban J connectivity index is 2.36. The fraction of sp³-hybridized carbons (Fsp3) is 0.263. The van der Waals surface area contributed by atoms with E-state index in [4.69, 9.17) is 23.2 Å². The number of amides is 1. The van der Waals surface area contributed by atoms with Gasteiger partial charge in [0.25, 0.3) is 0 Å². The number of nitrogens with zero attached hydrogens (tertiary/aromatic N) is 1. The van der Waals surface area contributed by atoms with Crippen LogP contribution < -0.4 is 5.32 Å². The van der Waals surface area contributed by atoms with E-state index < -0.39 is 5.92 Å². The molecule has 2 aromatic carbocycles.